The molecule has 0 saturated carbocycles. The van der Waals surface area contributed by atoms with Crippen LogP contribution in [0.2, 0.25) is 0 Å². The minimum absolute atomic E-state index is 0.129. The summed E-state index contributed by atoms with van der Waals surface area (Å²) in [4.78, 5) is 33.9. The lowest BCUT2D eigenvalue weighted by atomic mass is 9.72. The highest BCUT2D eigenvalue weighted by Crippen LogP contribution is 2.66. The summed E-state index contributed by atoms with van der Waals surface area (Å²) in [7, 11) is 5.30. The van der Waals surface area contributed by atoms with Crippen LogP contribution in [0.3, 0.4) is 0 Å². The van der Waals surface area contributed by atoms with E-state index >= 15 is 0 Å². The molecule has 3 aliphatic heterocycles. The quantitative estimate of drug-likeness (QED) is 0.495. The Balaban J connectivity index is 1.84. The van der Waals surface area contributed by atoms with Gasteiger partial charge >= 0.3 is 0 Å². The molecule has 2 fully saturated rings. The highest BCUT2D eigenvalue weighted by Gasteiger charge is 2.78. The summed E-state index contributed by atoms with van der Waals surface area (Å²) in [5, 5.41) is 0. The average Bonchev–Trinajstić information content (AvgIpc) is 3.33. The Bertz CT molecular complexity index is 1190. The van der Waals surface area contributed by atoms with E-state index in [4.69, 9.17) is 17.0 Å². The van der Waals surface area contributed by atoms with Crippen molar-refractivity contribution in [2.24, 2.45) is 0 Å². The predicted molar refractivity (Wildman–Crippen MR) is 135 cm³/mol. The first-order chi connectivity index (χ1) is 15.8. The molecule has 3 aliphatic rings. The van der Waals surface area contributed by atoms with E-state index < -0.39 is 10.3 Å². The molecule has 170 valence electrons. The Morgan fingerprint density at radius 2 is 1.91 bits per heavy atom. The summed E-state index contributed by atoms with van der Waals surface area (Å²) in [6.45, 7) is 4.65. The lowest BCUT2D eigenvalue weighted by molar-refractivity contribution is -0.138. The molecule has 2 amide bonds. The molecular formula is C25H25N3O3S2. The van der Waals surface area contributed by atoms with Gasteiger partial charge in [-0.05, 0) is 30.8 Å². The van der Waals surface area contributed by atoms with E-state index in [1.54, 1.807) is 30.0 Å². The second-order valence-electron chi connectivity index (χ2n) is 8.61. The van der Waals surface area contributed by atoms with E-state index in [0.29, 0.717) is 23.2 Å². The molecule has 2 spiro atoms. The number of methoxy groups -OCH3 is 1. The van der Waals surface area contributed by atoms with Crippen LogP contribution in [-0.4, -0.2) is 65.0 Å². The second-order valence-corrected chi connectivity index (χ2v) is 10.5. The molecule has 33 heavy (non-hydrogen) atoms. The second kappa shape index (κ2) is 7.68. The van der Waals surface area contributed by atoms with Gasteiger partial charge in [0.15, 0.2) is 5.54 Å². The molecule has 0 radical (unpaired) electrons. The number of thioether (sulfide) groups is 1. The topological polar surface area (TPSA) is 53.1 Å². The van der Waals surface area contributed by atoms with E-state index in [1.807, 2.05) is 60.5 Å². The molecule has 2 aromatic carbocycles. The number of thiocarbonyl (C=S) groups is 1. The van der Waals surface area contributed by atoms with Crippen molar-refractivity contribution in [1.29, 1.82) is 0 Å². The van der Waals surface area contributed by atoms with Crippen molar-refractivity contribution in [2.75, 3.05) is 39.2 Å². The van der Waals surface area contributed by atoms with Gasteiger partial charge in [0.25, 0.3) is 5.91 Å². The minimum Gasteiger partial charge on any atom is -0.497 e. The largest absolute Gasteiger partial charge is 0.497 e. The third-order valence-electron chi connectivity index (χ3n) is 7.17. The van der Waals surface area contributed by atoms with Crippen LogP contribution < -0.4 is 9.64 Å². The number of amides is 2. The zero-order valence-corrected chi connectivity index (χ0v) is 20.4. The summed E-state index contributed by atoms with van der Waals surface area (Å²) in [6, 6.07) is 15.6. The first-order valence-corrected chi connectivity index (χ1v) is 12.0. The van der Waals surface area contributed by atoms with Crippen LogP contribution in [0.25, 0.3) is 0 Å². The smallest absolute Gasteiger partial charge is 0.254 e. The molecule has 8 heteroatoms. The van der Waals surface area contributed by atoms with Crippen molar-refractivity contribution >= 4 is 45.8 Å². The monoisotopic (exact) mass is 479 g/mol. The Kier molecular flexibility index (Phi) is 5.15. The van der Waals surface area contributed by atoms with Crippen LogP contribution in [0, 0.1) is 0 Å². The third-order valence-corrected chi connectivity index (χ3v) is 9.11. The summed E-state index contributed by atoms with van der Waals surface area (Å²) in [5.41, 5.74) is 1.34. The predicted octanol–water partition coefficient (Wildman–Crippen LogP) is 3.38. The van der Waals surface area contributed by atoms with Crippen LogP contribution in [0.15, 0.2) is 61.2 Å². The number of fused-ring (bicyclic) bond motifs is 3. The van der Waals surface area contributed by atoms with E-state index in [9.17, 15) is 9.59 Å². The lowest BCUT2D eigenvalue weighted by Crippen LogP contribution is -2.62. The SMILES string of the molecule is C=CCN1C(=O)[C@]2(SC1=S)[C@H](c1ccccc1)CN(C)[C@@]21C(=O)N(C)c2ccc(OC)cc21. The molecule has 2 saturated heterocycles. The van der Waals surface area contributed by atoms with Gasteiger partial charge in [-0.25, -0.2) is 0 Å². The van der Waals surface area contributed by atoms with Crippen molar-refractivity contribution in [3.63, 3.8) is 0 Å². The highest BCUT2D eigenvalue weighted by atomic mass is 32.2. The third kappa shape index (κ3) is 2.62. The van der Waals surface area contributed by atoms with Crippen molar-refractivity contribution in [3.05, 3.63) is 72.3 Å². The number of likely N-dealkylation sites (N-methyl/N-ethyl adjacent to an activating group) is 2. The zero-order valence-electron chi connectivity index (χ0n) is 18.8. The van der Waals surface area contributed by atoms with Crippen LogP contribution in [0.4, 0.5) is 5.69 Å². The molecule has 0 aliphatic carbocycles. The van der Waals surface area contributed by atoms with Gasteiger partial charge in [-0.3, -0.25) is 19.4 Å². The van der Waals surface area contributed by atoms with Crippen LogP contribution in [0.5, 0.6) is 5.75 Å². The normalized spacial score (nSPS) is 28.9. The Hall–Kier alpha value is -2.68. The molecule has 3 heterocycles. The number of hydrogen-bond acceptors (Lipinski definition) is 6. The number of ether oxygens (including phenoxy) is 1. The first-order valence-electron chi connectivity index (χ1n) is 10.7. The molecule has 5 rings (SSSR count). The van der Waals surface area contributed by atoms with Crippen LogP contribution in [0.1, 0.15) is 17.0 Å². The Morgan fingerprint density at radius 1 is 1.18 bits per heavy atom. The number of benzene rings is 2. The van der Waals surface area contributed by atoms with Crippen molar-refractivity contribution < 1.29 is 14.3 Å². The fourth-order valence-electron chi connectivity index (χ4n) is 5.78. The molecule has 0 aromatic heterocycles. The molecule has 0 unspecified atom stereocenters. The fraction of sp³-hybridized carbons (Fsp3) is 0.320. The molecule has 0 bridgehead atoms. The van der Waals surface area contributed by atoms with Crippen molar-refractivity contribution in [3.8, 4) is 5.75 Å². The van der Waals surface area contributed by atoms with E-state index in [2.05, 4.69) is 6.58 Å². The summed E-state index contributed by atoms with van der Waals surface area (Å²) < 4.78 is 4.84. The molecule has 0 N–H and O–H groups in total. The average molecular weight is 480 g/mol. The minimum atomic E-state index is -1.23. The number of anilines is 1. The Labute approximate surface area is 203 Å². The van der Waals surface area contributed by atoms with Gasteiger partial charge in [0, 0.05) is 37.3 Å². The number of carbonyl (C=O) groups is 2. The fourth-order valence-corrected chi connectivity index (χ4v) is 7.92. The standard InChI is InChI=1S/C25H25N3O3S2/c1-5-13-28-22(30)25(33-23(28)32)19(16-9-7-6-8-10-16)15-26(2)24(25)18-14-17(31-4)11-12-20(18)27(3)21(24)29/h5-12,14,19H,1,13,15H2,2-4H3/t19-,24-,25+/m0/s1. The van der Waals surface area contributed by atoms with Crippen molar-refractivity contribution in [2.45, 2.75) is 16.2 Å². The van der Waals surface area contributed by atoms with E-state index in [-0.39, 0.29) is 17.7 Å². The van der Waals surface area contributed by atoms with Gasteiger partial charge in [0.05, 0.1) is 7.11 Å². The van der Waals surface area contributed by atoms with E-state index in [1.165, 1.54) is 11.8 Å². The van der Waals surface area contributed by atoms with Crippen molar-refractivity contribution in [1.82, 2.24) is 9.80 Å². The molecule has 3 atom stereocenters. The van der Waals surface area contributed by atoms with Crippen LogP contribution >= 0.6 is 24.0 Å². The maximum Gasteiger partial charge on any atom is 0.254 e. The summed E-state index contributed by atoms with van der Waals surface area (Å²) in [6.07, 6.45) is 1.67. The summed E-state index contributed by atoms with van der Waals surface area (Å²) >= 11 is 7.07. The molecular weight excluding hydrogens is 454 g/mol. The van der Waals surface area contributed by atoms with Gasteiger partial charge in [0.2, 0.25) is 5.91 Å². The Morgan fingerprint density at radius 3 is 2.58 bits per heavy atom. The lowest BCUT2D eigenvalue weighted by Gasteiger charge is -2.42. The number of likely N-dealkylation sites (tertiary alicyclic amines) is 1. The number of carbonyl (C=O) groups excluding carboxylic acids is 2. The number of nitrogens with zero attached hydrogens (tertiary/aromatic N) is 3. The van der Waals surface area contributed by atoms with Gasteiger partial charge in [-0.15, -0.1) is 6.58 Å². The summed E-state index contributed by atoms with van der Waals surface area (Å²) in [5.74, 6) is 0.121. The maximum absolute atomic E-state index is 14.4. The van der Waals surface area contributed by atoms with E-state index in [0.717, 1.165) is 16.8 Å². The number of hydrogen-bond donors (Lipinski definition) is 0. The van der Waals surface area contributed by atoms with Gasteiger partial charge in [0.1, 0.15) is 14.8 Å². The maximum atomic E-state index is 14.4. The van der Waals surface area contributed by atoms with Gasteiger partial charge in [-0.1, -0.05) is 60.4 Å². The van der Waals surface area contributed by atoms with Gasteiger partial charge < -0.3 is 9.64 Å². The molecule has 2 aromatic rings. The first kappa shape index (κ1) is 22.1. The zero-order chi connectivity index (χ0) is 23.5. The highest BCUT2D eigenvalue weighted by molar-refractivity contribution is 8.25. The number of rotatable bonds is 4. The van der Waals surface area contributed by atoms with Crippen LogP contribution in [-0.2, 0) is 15.1 Å². The molecule has 6 nitrogen and oxygen atoms in total. The van der Waals surface area contributed by atoms with Gasteiger partial charge in [-0.2, -0.15) is 0 Å².